The lowest BCUT2D eigenvalue weighted by atomic mass is 10.0. The van der Waals surface area contributed by atoms with Gasteiger partial charge in [-0.1, -0.05) is 36.4 Å². The van der Waals surface area contributed by atoms with Crippen LogP contribution in [0.2, 0.25) is 0 Å². The first kappa shape index (κ1) is 26.8. The molecule has 5 rings (SSSR count). The molecule has 0 spiro atoms. The molecular formula is C30H27N5O4S. The Morgan fingerprint density at radius 1 is 0.850 bits per heavy atom. The van der Waals surface area contributed by atoms with Gasteiger partial charge in [0.05, 0.1) is 4.90 Å². The number of anilines is 3. The fraction of sp³-hybridized carbons (Fsp3) is 0.100. The number of carbonyl (C=O) groups excluding carboxylic acids is 1. The second kappa shape index (κ2) is 11.5. The molecule has 40 heavy (non-hydrogen) atoms. The molecule has 0 aliphatic rings. The summed E-state index contributed by atoms with van der Waals surface area (Å²) >= 11 is 0. The van der Waals surface area contributed by atoms with Gasteiger partial charge in [-0.2, -0.15) is 4.98 Å². The molecule has 0 radical (unpaired) electrons. The highest BCUT2D eigenvalue weighted by Gasteiger charge is 2.16. The summed E-state index contributed by atoms with van der Waals surface area (Å²) in [6, 6.07) is 28.0. The third-order valence-corrected chi connectivity index (χ3v) is 7.43. The predicted molar refractivity (Wildman–Crippen MR) is 156 cm³/mol. The van der Waals surface area contributed by atoms with Crippen molar-refractivity contribution in [1.82, 2.24) is 14.7 Å². The van der Waals surface area contributed by atoms with Crippen molar-refractivity contribution < 1.29 is 17.9 Å². The molecule has 4 aromatic carbocycles. The number of ether oxygens (including phenoxy) is 1. The van der Waals surface area contributed by atoms with Crippen molar-refractivity contribution in [3.63, 3.8) is 0 Å². The first-order valence-corrected chi connectivity index (χ1v) is 14.0. The molecule has 5 aromatic rings. The minimum Gasteiger partial charge on any atom is -0.439 e. The zero-order valence-corrected chi connectivity index (χ0v) is 22.6. The number of nitrogens with one attached hydrogen (secondary N) is 3. The van der Waals surface area contributed by atoms with E-state index in [0.29, 0.717) is 22.9 Å². The van der Waals surface area contributed by atoms with Gasteiger partial charge in [0.1, 0.15) is 5.75 Å². The van der Waals surface area contributed by atoms with E-state index in [1.54, 1.807) is 50.4 Å². The van der Waals surface area contributed by atoms with Gasteiger partial charge in [0.15, 0.2) is 0 Å². The molecule has 1 heterocycles. The number of hydrogen-bond acceptors (Lipinski definition) is 7. The number of rotatable bonds is 9. The summed E-state index contributed by atoms with van der Waals surface area (Å²) in [5.41, 5.74) is 1.78. The molecule has 0 bridgehead atoms. The lowest BCUT2D eigenvalue weighted by molar-refractivity contribution is 0.102. The zero-order valence-electron chi connectivity index (χ0n) is 21.8. The van der Waals surface area contributed by atoms with E-state index in [1.807, 2.05) is 54.6 Å². The average Bonchev–Trinajstić information content (AvgIpc) is 2.93. The molecule has 0 atom stereocenters. The highest BCUT2D eigenvalue weighted by molar-refractivity contribution is 7.89. The number of amides is 1. The van der Waals surface area contributed by atoms with Crippen molar-refractivity contribution in [1.29, 1.82) is 0 Å². The van der Waals surface area contributed by atoms with Crippen LogP contribution in [0, 0.1) is 0 Å². The zero-order chi connectivity index (χ0) is 28.1. The molecule has 1 amide bonds. The Kier molecular flexibility index (Phi) is 7.72. The Labute approximate surface area is 232 Å². The normalized spacial score (nSPS) is 11.4. The number of carbonyl (C=O) groups is 1. The molecule has 0 fully saturated rings. The summed E-state index contributed by atoms with van der Waals surface area (Å²) in [4.78, 5) is 21.7. The van der Waals surface area contributed by atoms with Crippen molar-refractivity contribution in [2.45, 2.75) is 24.8 Å². The van der Waals surface area contributed by atoms with Crippen LogP contribution in [0.25, 0.3) is 10.8 Å². The lowest BCUT2D eigenvalue weighted by Crippen LogP contribution is -2.30. The Morgan fingerprint density at radius 3 is 2.42 bits per heavy atom. The highest BCUT2D eigenvalue weighted by Crippen LogP contribution is 2.28. The van der Waals surface area contributed by atoms with E-state index in [0.717, 1.165) is 16.5 Å². The van der Waals surface area contributed by atoms with E-state index < -0.39 is 10.0 Å². The number of hydrogen-bond donors (Lipinski definition) is 3. The number of benzene rings is 4. The molecule has 9 nitrogen and oxygen atoms in total. The molecule has 202 valence electrons. The van der Waals surface area contributed by atoms with Crippen LogP contribution >= 0.6 is 0 Å². The van der Waals surface area contributed by atoms with E-state index in [2.05, 4.69) is 25.3 Å². The van der Waals surface area contributed by atoms with Crippen LogP contribution in [0.3, 0.4) is 0 Å². The van der Waals surface area contributed by atoms with Crippen LogP contribution < -0.4 is 20.1 Å². The van der Waals surface area contributed by atoms with Crippen LogP contribution in [0.1, 0.15) is 24.2 Å². The molecule has 0 unspecified atom stereocenters. The second-order valence-electron chi connectivity index (χ2n) is 9.26. The van der Waals surface area contributed by atoms with Crippen molar-refractivity contribution in [3.05, 3.63) is 109 Å². The maximum Gasteiger partial charge on any atom is 0.256 e. The second-order valence-corrected chi connectivity index (χ2v) is 11.0. The van der Waals surface area contributed by atoms with Gasteiger partial charge in [-0.25, -0.2) is 18.1 Å². The largest absolute Gasteiger partial charge is 0.439 e. The monoisotopic (exact) mass is 553 g/mol. The fourth-order valence-electron chi connectivity index (χ4n) is 4.07. The van der Waals surface area contributed by atoms with Crippen molar-refractivity contribution in [3.8, 4) is 11.6 Å². The van der Waals surface area contributed by atoms with Gasteiger partial charge < -0.3 is 15.4 Å². The Morgan fingerprint density at radius 2 is 1.62 bits per heavy atom. The van der Waals surface area contributed by atoms with Gasteiger partial charge in [0.2, 0.25) is 21.9 Å². The first-order valence-electron chi connectivity index (χ1n) is 12.6. The quantitative estimate of drug-likeness (QED) is 0.201. The summed E-state index contributed by atoms with van der Waals surface area (Å²) in [6.45, 7) is 3.52. The maximum atomic E-state index is 12.9. The number of nitrogens with zero attached hydrogens (tertiary/aromatic N) is 2. The van der Waals surface area contributed by atoms with Crippen LogP contribution in [-0.4, -0.2) is 30.3 Å². The van der Waals surface area contributed by atoms with E-state index in [1.165, 1.54) is 12.1 Å². The van der Waals surface area contributed by atoms with Crippen LogP contribution in [0.15, 0.2) is 108 Å². The topological polar surface area (TPSA) is 122 Å². The molecule has 3 N–H and O–H groups in total. The standard InChI is InChI=1S/C30H27N5O4S/c1-20(2)35-40(37,38)25-12-7-11-23(19-25)33-30-31-17-16-28(34-30)39-24-14-15-26-21(18-24)8-6-13-27(26)29(36)32-22-9-4-3-5-10-22/h3-20,35H,1-2H3,(H,32,36)(H,31,33,34). The summed E-state index contributed by atoms with van der Waals surface area (Å²) in [7, 11) is -3.65. The number of fused-ring (bicyclic) bond motifs is 1. The molecular weight excluding hydrogens is 526 g/mol. The van der Waals surface area contributed by atoms with E-state index in [-0.39, 0.29) is 22.8 Å². The van der Waals surface area contributed by atoms with Gasteiger partial charge in [-0.15, -0.1) is 0 Å². The predicted octanol–water partition coefficient (Wildman–Crippen LogP) is 6.10. The van der Waals surface area contributed by atoms with Gasteiger partial charge in [-0.05, 0) is 79.2 Å². The molecule has 0 saturated heterocycles. The van der Waals surface area contributed by atoms with Crippen molar-refractivity contribution >= 4 is 44.0 Å². The van der Waals surface area contributed by atoms with Gasteiger partial charge in [0.25, 0.3) is 5.91 Å². The third-order valence-electron chi connectivity index (χ3n) is 5.77. The lowest BCUT2D eigenvalue weighted by Gasteiger charge is -2.12. The summed E-state index contributed by atoms with van der Waals surface area (Å²) in [5.74, 6) is 0.865. The Balaban J connectivity index is 1.32. The molecule has 0 aliphatic heterocycles. The van der Waals surface area contributed by atoms with Gasteiger partial charge >= 0.3 is 0 Å². The van der Waals surface area contributed by atoms with Crippen LogP contribution in [-0.2, 0) is 10.0 Å². The number of aromatic nitrogens is 2. The van der Waals surface area contributed by atoms with Gasteiger partial charge in [0, 0.05) is 35.2 Å². The highest BCUT2D eigenvalue weighted by atomic mass is 32.2. The summed E-state index contributed by atoms with van der Waals surface area (Å²) in [6.07, 6.45) is 1.54. The molecule has 0 saturated carbocycles. The van der Waals surface area contributed by atoms with Crippen LogP contribution in [0.4, 0.5) is 17.3 Å². The Hall–Kier alpha value is -4.80. The summed E-state index contributed by atoms with van der Waals surface area (Å²) in [5, 5.41) is 7.57. The smallest absolute Gasteiger partial charge is 0.256 e. The van der Waals surface area contributed by atoms with Crippen molar-refractivity contribution in [2.75, 3.05) is 10.6 Å². The number of para-hydroxylation sites is 1. The van der Waals surface area contributed by atoms with Crippen LogP contribution in [0.5, 0.6) is 11.6 Å². The van der Waals surface area contributed by atoms with Gasteiger partial charge in [-0.3, -0.25) is 4.79 Å². The number of sulfonamides is 1. The molecule has 0 aliphatic carbocycles. The Bertz CT molecular complexity index is 1780. The maximum absolute atomic E-state index is 12.9. The molecule has 1 aromatic heterocycles. The minimum atomic E-state index is -3.65. The average molecular weight is 554 g/mol. The third kappa shape index (κ3) is 6.42. The van der Waals surface area contributed by atoms with E-state index >= 15 is 0 Å². The fourth-order valence-corrected chi connectivity index (χ4v) is 5.37. The first-order chi connectivity index (χ1) is 19.3. The summed E-state index contributed by atoms with van der Waals surface area (Å²) < 4.78 is 33.6. The molecule has 10 heteroatoms. The van der Waals surface area contributed by atoms with E-state index in [9.17, 15) is 13.2 Å². The van der Waals surface area contributed by atoms with Crippen molar-refractivity contribution in [2.24, 2.45) is 0 Å². The van der Waals surface area contributed by atoms with E-state index in [4.69, 9.17) is 4.74 Å². The minimum absolute atomic E-state index is 0.131. The SMILES string of the molecule is CC(C)NS(=O)(=O)c1cccc(Nc2nccc(Oc3ccc4c(C(=O)Nc5ccccc5)cccc4c3)n2)c1.